The van der Waals surface area contributed by atoms with Crippen molar-refractivity contribution in [2.75, 3.05) is 11.8 Å². The van der Waals surface area contributed by atoms with Crippen LogP contribution in [0.2, 0.25) is 0 Å². The number of anilines is 1. The number of sulfonamides is 1. The molecule has 2 aromatic rings. The number of guanidine groups is 2. The van der Waals surface area contributed by atoms with E-state index in [0.29, 0.717) is 5.69 Å². The summed E-state index contributed by atoms with van der Waals surface area (Å²) in [5.74, 6) is -0.359. The minimum atomic E-state index is -3.89. The third-order valence-electron chi connectivity index (χ3n) is 2.72. The molecule has 11 nitrogen and oxygen atoms in total. The summed E-state index contributed by atoms with van der Waals surface area (Å²) < 4.78 is 32.1. The van der Waals surface area contributed by atoms with Gasteiger partial charge in [0.2, 0.25) is 11.8 Å². The predicted octanol–water partition coefficient (Wildman–Crippen LogP) is -0.494. The third-order valence-corrected chi connectivity index (χ3v) is 4.08. The average molecular weight is 364 g/mol. The molecule has 0 spiro atoms. The van der Waals surface area contributed by atoms with Crippen molar-refractivity contribution < 1.29 is 13.2 Å². The van der Waals surface area contributed by atoms with Crippen molar-refractivity contribution in [1.82, 2.24) is 9.97 Å². The molecule has 0 saturated heterocycles. The maximum atomic E-state index is 12.4. The predicted molar refractivity (Wildman–Crippen MR) is 92.9 cm³/mol. The molecule has 1 heterocycles. The van der Waals surface area contributed by atoms with E-state index in [1.54, 1.807) is 0 Å². The quantitative estimate of drug-likeness (QED) is 0.404. The van der Waals surface area contributed by atoms with Crippen LogP contribution in [0.5, 0.6) is 5.88 Å². The lowest BCUT2D eigenvalue weighted by Crippen LogP contribution is -2.26. The summed E-state index contributed by atoms with van der Waals surface area (Å²) in [5, 5.41) is 0. The molecule has 0 unspecified atom stereocenters. The van der Waals surface area contributed by atoms with Crippen LogP contribution in [0.4, 0.5) is 11.5 Å². The number of nitrogens with zero attached hydrogens (tertiary/aromatic N) is 4. The number of ether oxygens (including phenoxy) is 1. The lowest BCUT2D eigenvalue weighted by atomic mass is 10.3. The Hall–Kier alpha value is -3.41. The van der Waals surface area contributed by atoms with Gasteiger partial charge in [-0.05, 0) is 24.3 Å². The van der Waals surface area contributed by atoms with Crippen molar-refractivity contribution >= 4 is 33.4 Å². The highest BCUT2D eigenvalue weighted by Gasteiger charge is 2.17. The van der Waals surface area contributed by atoms with Crippen LogP contribution < -0.4 is 26.7 Å². The van der Waals surface area contributed by atoms with Crippen LogP contribution in [-0.4, -0.2) is 37.4 Å². The number of benzene rings is 1. The van der Waals surface area contributed by atoms with Gasteiger partial charge in [0.25, 0.3) is 15.9 Å². The molecule has 0 radical (unpaired) electrons. The Morgan fingerprint density at radius 1 is 1.12 bits per heavy atom. The lowest BCUT2D eigenvalue weighted by molar-refractivity contribution is 0.398. The van der Waals surface area contributed by atoms with Crippen LogP contribution in [0.15, 0.2) is 51.5 Å². The highest BCUT2D eigenvalue weighted by atomic mass is 32.2. The topological polar surface area (TPSA) is 184 Å². The molecule has 0 bridgehead atoms. The maximum absolute atomic E-state index is 12.4. The Morgan fingerprint density at radius 3 is 2.36 bits per heavy atom. The zero-order valence-corrected chi connectivity index (χ0v) is 13.9. The van der Waals surface area contributed by atoms with Crippen molar-refractivity contribution in [3.05, 3.63) is 36.7 Å². The average Bonchev–Trinajstić information content (AvgIpc) is 2.54. The van der Waals surface area contributed by atoms with Gasteiger partial charge in [-0.25, -0.2) is 23.4 Å². The second kappa shape index (κ2) is 7.44. The van der Waals surface area contributed by atoms with Gasteiger partial charge in [0, 0.05) is 12.4 Å². The third kappa shape index (κ3) is 4.78. The number of hydrogen-bond acceptors (Lipinski definition) is 6. The highest BCUT2D eigenvalue weighted by Crippen LogP contribution is 2.22. The molecule has 0 saturated carbocycles. The molecule has 1 aromatic carbocycles. The van der Waals surface area contributed by atoms with E-state index >= 15 is 0 Å². The fourth-order valence-electron chi connectivity index (χ4n) is 1.72. The summed E-state index contributed by atoms with van der Waals surface area (Å²) in [6, 6.07) is 5.56. The van der Waals surface area contributed by atoms with Crippen LogP contribution in [0.3, 0.4) is 0 Å². The first-order chi connectivity index (χ1) is 11.8. The summed E-state index contributed by atoms with van der Waals surface area (Å²) in [5.41, 5.74) is 16.2. The monoisotopic (exact) mass is 364 g/mol. The first kappa shape index (κ1) is 17.9. The maximum Gasteiger partial charge on any atom is 0.263 e. The van der Waals surface area contributed by atoms with E-state index in [-0.39, 0.29) is 28.5 Å². The number of nitrogens with two attached hydrogens (primary N) is 3. The van der Waals surface area contributed by atoms with Crippen LogP contribution in [-0.2, 0) is 10.0 Å². The number of hydrogen-bond donors (Lipinski definition) is 4. The van der Waals surface area contributed by atoms with Crippen molar-refractivity contribution in [2.45, 2.75) is 4.90 Å². The first-order valence-electron chi connectivity index (χ1n) is 6.73. The Kier molecular flexibility index (Phi) is 5.34. The largest absolute Gasteiger partial charge is 0.478 e. The SMILES string of the molecule is COc1nccnc1NS(=O)(=O)c1ccc(N=C(N)N=C(N)N)cc1. The second-order valence-electron chi connectivity index (χ2n) is 4.52. The summed E-state index contributed by atoms with van der Waals surface area (Å²) in [6.45, 7) is 0. The number of nitrogens with one attached hydrogen (secondary N) is 1. The minimum absolute atomic E-state index is 0.0143. The van der Waals surface area contributed by atoms with Crippen molar-refractivity contribution in [3.63, 3.8) is 0 Å². The van der Waals surface area contributed by atoms with E-state index in [4.69, 9.17) is 21.9 Å². The van der Waals surface area contributed by atoms with Crippen LogP contribution in [0, 0.1) is 0 Å². The molecule has 7 N–H and O–H groups in total. The highest BCUT2D eigenvalue weighted by molar-refractivity contribution is 7.92. The fourth-order valence-corrected chi connectivity index (χ4v) is 2.73. The van der Waals surface area contributed by atoms with Crippen LogP contribution >= 0.6 is 0 Å². The summed E-state index contributed by atoms with van der Waals surface area (Å²) in [6.07, 6.45) is 2.72. The zero-order valence-electron chi connectivity index (χ0n) is 13.1. The Balaban J connectivity index is 2.25. The molecule has 12 heteroatoms. The van der Waals surface area contributed by atoms with Gasteiger partial charge >= 0.3 is 0 Å². The standard InChI is InChI=1S/C13H16N8O3S/c1-24-11-10(17-6-7-18-11)21-25(22,23)9-4-2-8(3-5-9)19-13(16)20-12(14)15/h2-7H,1H3,(H,17,21)(H6,14,15,16,19,20). The van der Waals surface area contributed by atoms with Gasteiger partial charge in [-0.1, -0.05) is 0 Å². The van der Waals surface area contributed by atoms with Gasteiger partial charge < -0.3 is 21.9 Å². The van der Waals surface area contributed by atoms with E-state index in [1.165, 1.54) is 43.8 Å². The van der Waals surface area contributed by atoms with Gasteiger partial charge in [0.15, 0.2) is 5.96 Å². The van der Waals surface area contributed by atoms with Gasteiger partial charge in [-0.15, -0.1) is 0 Å². The van der Waals surface area contributed by atoms with E-state index in [0.717, 1.165) is 0 Å². The number of aromatic nitrogens is 2. The molecule has 25 heavy (non-hydrogen) atoms. The van der Waals surface area contributed by atoms with E-state index < -0.39 is 10.0 Å². The minimum Gasteiger partial charge on any atom is -0.478 e. The Bertz CT molecular complexity index is 905. The molecule has 0 aliphatic heterocycles. The molecule has 0 atom stereocenters. The van der Waals surface area contributed by atoms with E-state index in [1.807, 2.05) is 0 Å². The summed E-state index contributed by atoms with van der Waals surface area (Å²) in [4.78, 5) is 15.2. The second-order valence-corrected chi connectivity index (χ2v) is 6.20. The smallest absolute Gasteiger partial charge is 0.263 e. The van der Waals surface area contributed by atoms with E-state index in [2.05, 4.69) is 24.7 Å². The van der Waals surface area contributed by atoms with Crippen molar-refractivity contribution in [2.24, 2.45) is 27.2 Å². The van der Waals surface area contributed by atoms with Gasteiger partial charge in [-0.3, -0.25) is 4.72 Å². The first-order valence-corrected chi connectivity index (χ1v) is 8.22. The molecule has 0 amide bonds. The molecule has 1 aromatic heterocycles. The fraction of sp³-hybridized carbons (Fsp3) is 0.0769. The summed E-state index contributed by atoms with van der Waals surface area (Å²) in [7, 11) is -2.53. The molecule has 0 fully saturated rings. The van der Waals surface area contributed by atoms with Crippen LogP contribution in [0.1, 0.15) is 0 Å². The lowest BCUT2D eigenvalue weighted by Gasteiger charge is -2.09. The Morgan fingerprint density at radius 2 is 1.76 bits per heavy atom. The normalized spacial score (nSPS) is 11.6. The molecular weight excluding hydrogens is 348 g/mol. The van der Waals surface area contributed by atoms with Gasteiger partial charge in [0.05, 0.1) is 17.7 Å². The molecule has 0 aliphatic carbocycles. The number of methoxy groups -OCH3 is 1. The van der Waals surface area contributed by atoms with Crippen LogP contribution in [0.25, 0.3) is 0 Å². The zero-order chi connectivity index (χ0) is 18.4. The van der Waals surface area contributed by atoms with Crippen molar-refractivity contribution in [3.8, 4) is 5.88 Å². The molecular formula is C13H16N8O3S. The van der Waals surface area contributed by atoms with Gasteiger partial charge in [-0.2, -0.15) is 4.99 Å². The Labute approximate surface area is 143 Å². The number of rotatable bonds is 5. The molecule has 0 aliphatic rings. The summed E-state index contributed by atoms with van der Waals surface area (Å²) >= 11 is 0. The number of aliphatic imine (C=N–C) groups is 2. The molecule has 2 rings (SSSR count). The van der Waals surface area contributed by atoms with Crippen molar-refractivity contribution in [1.29, 1.82) is 0 Å². The van der Waals surface area contributed by atoms with E-state index in [9.17, 15) is 8.42 Å². The van der Waals surface area contributed by atoms with Gasteiger partial charge in [0.1, 0.15) is 0 Å². The molecule has 132 valence electrons.